The topological polar surface area (TPSA) is 75.2 Å². The Balaban J connectivity index is 1.31. The standard InChI is InChI=1S/C32H45FN4O4/c1-6-15-37(30(38)24-8-12-28(13-9-24)40-29-14-10-26(33)21-34-29)27-11-7-25(23(2)20-27)22-35-16-18-36(19-17-35)31(39)41-32(3,4)5/h7,10-11,14,20-21,24,28H,6,8-9,12-13,15-19,22H2,1-5H3. The smallest absolute Gasteiger partial charge is 0.410 e. The Hall–Kier alpha value is -3.20. The number of anilines is 1. The van der Waals surface area contributed by atoms with Gasteiger partial charge in [0.2, 0.25) is 11.8 Å². The van der Waals surface area contributed by atoms with Crippen molar-refractivity contribution >= 4 is 17.7 Å². The van der Waals surface area contributed by atoms with Crippen LogP contribution in [-0.4, -0.2) is 71.2 Å². The molecular weight excluding hydrogens is 523 g/mol. The second-order valence-corrected chi connectivity index (χ2v) is 12.3. The van der Waals surface area contributed by atoms with Crippen LogP contribution in [0.3, 0.4) is 0 Å². The van der Waals surface area contributed by atoms with Crippen molar-refractivity contribution in [2.75, 3.05) is 37.6 Å². The third kappa shape index (κ3) is 8.64. The van der Waals surface area contributed by atoms with Crippen LogP contribution in [0.2, 0.25) is 0 Å². The Morgan fingerprint density at radius 1 is 1.05 bits per heavy atom. The Bertz CT molecular complexity index is 1170. The van der Waals surface area contributed by atoms with E-state index in [0.29, 0.717) is 25.5 Å². The largest absolute Gasteiger partial charge is 0.474 e. The molecule has 1 saturated carbocycles. The van der Waals surface area contributed by atoms with Gasteiger partial charge in [0.15, 0.2) is 0 Å². The van der Waals surface area contributed by atoms with Gasteiger partial charge in [-0.15, -0.1) is 0 Å². The predicted molar refractivity (Wildman–Crippen MR) is 157 cm³/mol. The van der Waals surface area contributed by atoms with Crippen molar-refractivity contribution in [2.45, 2.75) is 85.0 Å². The second-order valence-electron chi connectivity index (χ2n) is 12.3. The van der Waals surface area contributed by atoms with Crippen molar-refractivity contribution in [3.8, 4) is 5.88 Å². The highest BCUT2D eigenvalue weighted by atomic mass is 19.1. The van der Waals surface area contributed by atoms with Gasteiger partial charge < -0.3 is 19.3 Å². The van der Waals surface area contributed by atoms with E-state index in [1.165, 1.54) is 11.6 Å². The van der Waals surface area contributed by atoms with Crippen LogP contribution in [0, 0.1) is 18.7 Å². The number of hydrogen-bond acceptors (Lipinski definition) is 6. The number of benzene rings is 1. The van der Waals surface area contributed by atoms with Crippen molar-refractivity contribution in [3.63, 3.8) is 0 Å². The zero-order chi connectivity index (χ0) is 29.6. The van der Waals surface area contributed by atoms with Gasteiger partial charge >= 0.3 is 6.09 Å². The molecule has 224 valence electrons. The molecule has 4 rings (SSSR count). The van der Waals surface area contributed by atoms with E-state index in [1.807, 2.05) is 25.7 Å². The molecule has 0 unspecified atom stereocenters. The van der Waals surface area contributed by atoms with Gasteiger partial charge in [0.1, 0.15) is 17.5 Å². The molecule has 0 radical (unpaired) electrons. The molecule has 2 aromatic rings. The summed E-state index contributed by atoms with van der Waals surface area (Å²) in [6.45, 7) is 14.2. The number of nitrogens with zero attached hydrogens (tertiary/aromatic N) is 4. The summed E-state index contributed by atoms with van der Waals surface area (Å²) in [6, 6.07) is 9.24. The number of aryl methyl sites for hydroxylation is 1. The summed E-state index contributed by atoms with van der Waals surface area (Å²) in [6.07, 6.45) is 4.85. The molecule has 41 heavy (non-hydrogen) atoms. The molecule has 2 fully saturated rings. The molecule has 9 heteroatoms. The van der Waals surface area contributed by atoms with Crippen LogP contribution in [0.25, 0.3) is 0 Å². The maximum atomic E-state index is 13.7. The third-order valence-corrected chi connectivity index (χ3v) is 7.78. The van der Waals surface area contributed by atoms with Gasteiger partial charge in [-0.1, -0.05) is 13.0 Å². The van der Waals surface area contributed by atoms with E-state index < -0.39 is 5.60 Å². The maximum Gasteiger partial charge on any atom is 0.410 e. The van der Waals surface area contributed by atoms with E-state index >= 15 is 0 Å². The number of hydrogen-bond donors (Lipinski definition) is 0. The van der Waals surface area contributed by atoms with Gasteiger partial charge in [0, 0.05) is 56.9 Å². The Labute approximate surface area is 243 Å². The molecule has 1 aliphatic carbocycles. The molecule has 8 nitrogen and oxygen atoms in total. The van der Waals surface area contributed by atoms with Gasteiger partial charge in [-0.05, 0) is 89.1 Å². The number of pyridine rings is 1. The fourth-order valence-corrected chi connectivity index (χ4v) is 5.52. The fourth-order valence-electron chi connectivity index (χ4n) is 5.52. The monoisotopic (exact) mass is 568 g/mol. The summed E-state index contributed by atoms with van der Waals surface area (Å²) in [4.78, 5) is 36.1. The van der Waals surface area contributed by atoms with Crippen LogP contribution < -0.4 is 9.64 Å². The quantitative estimate of drug-likeness (QED) is 0.391. The summed E-state index contributed by atoms with van der Waals surface area (Å²) in [7, 11) is 0. The number of carbonyl (C=O) groups is 2. The molecule has 2 aliphatic rings. The first-order chi connectivity index (χ1) is 19.5. The van der Waals surface area contributed by atoms with Crippen LogP contribution in [-0.2, 0) is 16.1 Å². The lowest BCUT2D eigenvalue weighted by molar-refractivity contribution is -0.123. The van der Waals surface area contributed by atoms with Gasteiger partial charge in [0.05, 0.1) is 6.20 Å². The highest BCUT2D eigenvalue weighted by Gasteiger charge is 2.31. The highest BCUT2D eigenvalue weighted by molar-refractivity contribution is 5.95. The van der Waals surface area contributed by atoms with Crippen LogP contribution in [0.4, 0.5) is 14.9 Å². The van der Waals surface area contributed by atoms with Gasteiger partial charge in [-0.25, -0.2) is 14.2 Å². The first kappa shape index (κ1) is 30.8. The summed E-state index contributed by atoms with van der Waals surface area (Å²) >= 11 is 0. The molecule has 1 aromatic heterocycles. The lowest BCUT2D eigenvalue weighted by Crippen LogP contribution is -2.49. The molecule has 2 amide bonds. The van der Waals surface area contributed by atoms with Crippen molar-refractivity contribution in [3.05, 3.63) is 53.5 Å². The van der Waals surface area contributed by atoms with E-state index in [0.717, 1.165) is 69.2 Å². The Morgan fingerprint density at radius 3 is 2.34 bits per heavy atom. The normalized spacial score (nSPS) is 20.0. The van der Waals surface area contributed by atoms with Crippen LogP contribution in [0.5, 0.6) is 5.88 Å². The first-order valence-electron chi connectivity index (χ1n) is 14.9. The lowest BCUT2D eigenvalue weighted by atomic mass is 9.86. The number of ether oxygens (including phenoxy) is 2. The van der Waals surface area contributed by atoms with E-state index in [-0.39, 0.29) is 29.8 Å². The van der Waals surface area contributed by atoms with Crippen molar-refractivity contribution in [1.82, 2.24) is 14.8 Å². The van der Waals surface area contributed by atoms with E-state index in [9.17, 15) is 14.0 Å². The molecule has 1 aliphatic heterocycles. The van der Waals surface area contributed by atoms with Crippen LogP contribution >= 0.6 is 0 Å². The zero-order valence-corrected chi connectivity index (χ0v) is 25.2. The number of carbonyl (C=O) groups excluding carboxylic acids is 2. The molecule has 0 N–H and O–H groups in total. The second kappa shape index (κ2) is 13.6. The fraction of sp³-hybridized carbons (Fsp3) is 0.594. The zero-order valence-electron chi connectivity index (χ0n) is 25.2. The maximum absolute atomic E-state index is 13.7. The van der Waals surface area contributed by atoms with Crippen molar-refractivity contribution < 1.29 is 23.5 Å². The molecule has 1 aromatic carbocycles. The molecular formula is C32H45FN4O4. The van der Waals surface area contributed by atoms with Crippen molar-refractivity contribution in [1.29, 1.82) is 0 Å². The first-order valence-corrected chi connectivity index (χ1v) is 14.9. The molecule has 2 heterocycles. The van der Waals surface area contributed by atoms with Crippen molar-refractivity contribution in [2.24, 2.45) is 5.92 Å². The minimum Gasteiger partial charge on any atom is -0.474 e. The summed E-state index contributed by atoms with van der Waals surface area (Å²) in [5.41, 5.74) is 2.85. The molecule has 0 atom stereocenters. The Morgan fingerprint density at radius 2 is 1.76 bits per heavy atom. The van der Waals surface area contributed by atoms with E-state index in [1.54, 1.807) is 11.0 Å². The van der Waals surface area contributed by atoms with Crippen LogP contribution in [0.15, 0.2) is 36.5 Å². The number of rotatable bonds is 8. The average molecular weight is 569 g/mol. The summed E-state index contributed by atoms with van der Waals surface area (Å²) < 4.78 is 24.6. The van der Waals surface area contributed by atoms with Gasteiger partial charge in [-0.2, -0.15) is 0 Å². The molecule has 0 spiro atoms. The SMILES string of the molecule is CCCN(C(=O)C1CCC(Oc2ccc(F)cn2)CC1)c1ccc(CN2CCN(C(=O)OC(C)(C)C)CC2)c(C)c1. The molecule has 1 saturated heterocycles. The van der Waals surface area contributed by atoms with Gasteiger partial charge in [-0.3, -0.25) is 9.69 Å². The predicted octanol–water partition coefficient (Wildman–Crippen LogP) is 5.96. The minimum atomic E-state index is -0.489. The minimum absolute atomic E-state index is 0.0100. The number of piperazine rings is 1. The lowest BCUT2D eigenvalue weighted by Gasteiger charge is -2.36. The highest BCUT2D eigenvalue weighted by Crippen LogP contribution is 2.31. The number of aromatic nitrogens is 1. The van der Waals surface area contributed by atoms with E-state index in [4.69, 9.17) is 9.47 Å². The number of halogens is 1. The summed E-state index contributed by atoms with van der Waals surface area (Å²) in [5, 5.41) is 0. The number of amides is 2. The van der Waals surface area contributed by atoms with E-state index in [2.05, 4.69) is 41.9 Å². The summed E-state index contributed by atoms with van der Waals surface area (Å²) in [5.74, 6) is 0.179. The van der Waals surface area contributed by atoms with Crippen LogP contribution in [0.1, 0.15) is 70.9 Å². The molecule has 0 bridgehead atoms. The third-order valence-electron chi connectivity index (χ3n) is 7.78. The van der Waals surface area contributed by atoms with Gasteiger partial charge in [0.25, 0.3) is 0 Å². The Kier molecular flexibility index (Phi) is 10.2. The average Bonchev–Trinajstić information content (AvgIpc) is 2.93.